The van der Waals surface area contributed by atoms with Gasteiger partial charge in [0.05, 0.1) is 0 Å². The normalized spacial score (nSPS) is 19.9. The number of hydrogen-bond donors (Lipinski definition) is 0. The highest BCUT2D eigenvalue weighted by molar-refractivity contribution is 9.11. The Morgan fingerprint density at radius 2 is 1.93 bits per heavy atom. The lowest BCUT2D eigenvalue weighted by atomic mass is 10.0. The summed E-state index contributed by atoms with van der Waals surface area (Å²) in [4.78, 5) is 0. The van der Waals surface area contributed by atoms with Crippen LogP contribution in [0.5, 0.6) is 0 Å². The van der Waals surface area contributed by atoms with Crippen molar-refractivity contribution in [3.05, 3.63) is 57.0 Å². The fourth-order valence-corrected chi connectivity index (χ4v) is 2.48. The van der Waals surface area contributed by atoms with Gasteiger partial charge in [0.15, 0.2) is 0 Å². The van der Waals surface area contributed by atoms with Crippen LogP contribution in [0.2, 0.25) is 0 Å². The van der Waals surface area contributed by atoms with Crippen molar-refractivity contribution < 1.29 is 0 Å². The molecule has 2 rings (SSSR count). The smallest absolute Gasteiger partial charge is 0.0207 e. The van der Waals surface area contributed by atoms with Gasteiger partial charge in [-0.1, -0.05) is 68.3 Å². The van der Waals surface area contributed by atoms with Gasteiger partial charge >= 0.3 is 0 Å². The van der Waals surface area contributed by atoms with E-state index in [-0.39, 0.29) is 0 Å². The third-order valence-electron chi connectivity index (χ3n) is 2.35. The van der Waals surface area contributed by atoms with Crippen molar-refractivity contribution in [2.75, 3.05) is 0 Å². The summed E-state index contributed by atoms with van der Waals surface area (Å²) in [5, 5.41) is 0. The van der Waals surface area contributed by atoms with Crippen molar-refractivity contribution in [2.24, 2.45) is 5.92 Å². The van der Waals surface area contributed by atoms with Crippen molar-refractivity contribution in [1.82, 2.24) is 0 Å². The summed E-state index contributed by atoms with van der Waals surface area (Å²) in [7, 11) is 0. The molecule has 1 unspecified atom stereocenters. The van der Waals surface area contributed by atoms with Crippen LogP contribution in [0.1, 0.15) is 5.56 Å². The third-order valence-corrected chi connectivity index (χ3v) is 3.98. The van der Waals surface area contributed by atoms with Gasteiger partial charge in [0.25, 0.3) is 0 Å². The molecule has 0 saturated carbocycles. The summed E-state index contributed by atoms with van der Waals surface area (Å²) in [6.07, 6.45) is 7.49. The van der Waals surface area contributed by atoms with Crippen molar-refractivity contribution in [1.29, 1.82) is 0 Å². The second kappa shape index (κ2) is 4.45. The molecule has 0 N–H and O–H groups in total. The first-order chi connectivity index (χ1) is 6.77. The molecule has 0 nitrogen and oxygen atoms in total. The molecule has 1 aliphatic rings. The van der Waals surface area contributed by atoms with E-state index in [2.05, 4.69) is 68.3 Å². The molecule has 2 heteroatoms. The van der Waals surface area contributed by atoms with Crippen LogP contribution in [0.3, 0.4) is 0 Å². The van der Waals surface area contributed by atoms with Crippen LogP contribution < -0.4 is 0 Å². The van der Waals surface area contributed by atoms with E-state index >= 15 is 0 Å². The fourth-order valence-electron chi connectivity index (χ4n) is 1.56. The van der Waals surface area contributed by atoms with Crippen molar-refractivity contribution in [3.8, 4) is 0 Å². The van der Waals surface area contributed by atoms with Crippen LogP contribution in [0.4, 0.5) is 0 Å². The van der Waals surface area contributed by atoms with Gasteiger partial charge in [-0.2, -0.15) is 0 Å². The molecular formula is C12H10Br2. The largest absolute Gasteiger partial charge is 0.0761 e. The van der Waals surface area contributed by atoms with Crippen molar-refractivity contribution in [2.45, 2.75) is 6.42 Å². The lowest BCUT2D eigenvalue weighted by Gasteiger charge is -2.10. The molecule has 0 aliphatic heterocycles. The monoisotopic (exact) mass is 312 g/mol. The minimum Gasteiger partial charge on any atom is -0.0761 e. The summed E-state index contributed by atoms with van der Waals surface area (Å²) in [6.45, 7) is 0. The quantitative estimate of drug-likeness (QED) is 0.756. The lowest BCUT2D eigenvalue weighted by molar-refractivity contribution is 0.804. The molecular weight excluding hydrogens is 304 g/mol. The summed E-state index contributed by atoms with van der Waals surface area (Å²) in [6, 6.07) is 8.38. The molecule has 1 atom stereocenters. The highest BCUT2D eigenvalue weighted by Gasteiger charge is 2.13. The van der Waals surface area contributed by atoms with Gasteiger partial charge < -0.3 is 0 Å². The molecule has 0 heterocycles. The number of rotatable bonds is 2. The number of halogens is 2. The standard InChI is InChI=1S/C12H10Br2/c13-11-6-2-1-4-9(11)8-10-5-3-7-12(10)14/h1-7,10H,8H2. The molecule has 0 radical (unpaired) electrons. The Hall–Kier alpha value is -0.340. The predicted octanol–water partition coefficient (Wildman–Crippen LogP) is 4.46. The van der Waals surface area contributed by atoms with Gasteiger partial charge in [0.2, 0.25) is 0 Å². The first kappa shape index (κ1) is 10.2. The molecule has 0 bridgehead atoms. The summed E-state index contributed by atoms with van der Waals surface area (Å²) in [5.41, 5.74) is 1.36. The molecule has 0 fully saturated rings. The molecule has 0 aromatic heterocycles. The van der Waals surface area contributed by atoms with E-state index in [1.807, 2.05) is 6.07 Å². The van der Waals surface area contributed by atoms with Crippen molar-refractivity contribution >= 4 is 31.9 Å². The van der Waals surface area contributed by atoms with Crippen LogP contribution in [-0.2, 0) is 6.42 Å². The second-order valence-electron chi connectivity index (χ2n) is 3.34. The summed E-state index contributed by atoms with van der Waals surface area (Å²) in [5.74, 6) is 0.508. The van der Waals surface area contributed by atoms with Crippen LogP contribution in [0, 0.1) is 5.92 Å². The average Bonchev–Trinajstić information content (AvgIpc) is 2.56. The van der Waals surface area contributed by atoms with Gasteiger partial charge in [0.1, 0.15) is 0 Å². The van der Waals surface area contributed by atoms with Gasteiger partial charge in [-0.05, 0) is 18.1 Å². The molecule has 0 amide bonds. The van der Waals surface area contributed by atoms with Crippen molar-refractivity contribution in [3.63, 3.8) is 0 Å². The number of allylic oxidation sites excluding steroid dienone is 4. The maximum atomic E-state index is 3.57. The number of hydrogen-bond acceptors (Lipinski definition) is 0. The summed E-state index contributed by atoms with van der Waals surface area (Å²) >= 11 is 7.13. The van der Waals surface area contributed by atoms with Crippen LogP contribution in [-0.4, -0.2) is 0 Å². The zero-order valence-electron chi connectivity index (χ0n) is 7.58. The predicted molar refractivity (Wildman–Crippen MR) is 67.5 cm³/mol. The first-order valence-corrected chi connectivity index (χ1v) is 6.13. The minimum atomic E-state index is 0.508. The Labute approximate surface area is 101 Å². The highest BCUT2D eigenvalue weighted by atomic mass is 79.9. The van der Waals surface area contributed by atoms with Gasteiger partial charge in [-0.15, -0.1) is 0 Å². The SMILES string of the molecule is BrC1=CC=CC1Cc1ccccc1Br. The van der Waals surface area contributed by atoms with E-state index < -0.39 is 0 Å². The maximum absolute atomic E-state index is 3.57. The lowest BCUT2D eigenvalue weighted by Crippen LogP contribution is -1.99. The van der Waals surface area contributed by atoms with Crippen LogP contribution in [0.15, 0.2) is 51.4 Å². The Morgan fingerprint density at radius 3 is 2.57 bits per heavy atom. The van der Waals surface area contributed by atoms with Gasteiger partial charge in [-0.25, -0.2) is 0 Å². The first-order valence-electron chi connectivity index (χ1n) is 4.54. The number of benzene rings is 1. The highest BCUT2D eigenvalue weighted by Crippen LogP contribution is 2.30. The molecule has 1 aliphatic carbocycles. The topological polar surface area (TPSA) is 0 Å². The Bertz CT molecular complexity index is 391. The van der Waals surface area contributed by atoms with E-state index in [0.717, 1.165) is 6.42 Å². The molecule has 72 valence electrons. The summed E-state index contributed by atoms with van der Waals surface area (Å²) < 4.78 is 2.47. The zero-order valence-corrected chi connectivity index (χ0v) is 10.8. The third kappa shape index (κ3) is 2.18. The van der Waals surface area contributed by atoms with Gasteiger partial charge in [-0.3, -0.25) is 0 Å². The van der Waals surface area contributed by atoms with Crippen LogP contribution in [0.25, 0.3) is 0 Å². The average molecular weight is 314 g/mol. The fraction of sp³-hybridized carbons (Fsp3) is 0.167. The Kier molecular flexibility index (Phi) is 3.24. The second-order valence-corrected chi connectivity index (χ2v) is 5.11. The molecule has 1 aromatic rings. The Balaban J connectivity index is 2.15. The molecule has 14 heavy (non-hydrogen) atoms. The van der Waals surface area contributed by atoms with E-state index in [1.165, 1.54) is 14.5 Å². The van der Waals surface area contributed by atoms with E-state index in [4.69, 9.17) is 0 Å². The van der Waals surface area contributed by atoms with Gasteiger partial charge in [0, 0.05) is 14.9 Å². The van der Waals surface area contributed by atoms with E-state index in [0.29, 0.717) is 5.92 Å². The van der Waals surface area contributed by atoms with E-state index in [9.17, 15) is 0 Å². The zero-order chi connectivity index (χ0) is 9.97. The molecule has 0 saturated heterocycles. The van der Waals surface area contributed by atoms with E-state index in [1.54, 1.807) is 0 Å². The minimum absolute atomic E-state index is 0.508. The molecule has 0 spiro atoms. The Morgan fingerprint density at radius 1 is 1.14 bits per heavy atom. The van der Waals surface area contributed by atoms with Crippen LogP contribution >= 0.6 is 31.9 Å². The maximum Gasteiger partial charge on any atom is 0.0207 e. The molecule has 1 aromatic carbocycles.